The fourth-order valence-corrected chi connectivity index (χ4v) is 1.51. The van der Waals surface area contributed by atoms with Crippen LogP contribution in [-0.2, 0) is 9.53 Å². The lowest BCUT2D eigenvalue weighted by atomic mass is 9.99. The second-order valence-electron chi connectivity index (χ2n) is 5.04. The monoisotopic (exact) mass is 243 g/mol. The number of likely N-dealkylation sites (tertiary alicyclic amines) is 1. The van der Waals surface area contributed by atoms with Gasteiger partial charge in [-0.25, -0.2) is 4.79 Å². The molecule has 0 aliphatic carbocycles. The van der Waals surface area contributed by atoms with E-state index >= 15 is 0 Å². The van der Waals surface area contributed by atoms with E-state index in [1.165, 1.54) is 0 Å². The zero-order valence-electron chi connectivity index (χ0n) is 11.9. The van der Waals surface area contributed by atoms with Crippen molar-refractivity contribution >= 4 is 11.9 Å². The molecule has 1 heterocycles. The summed E-state index contributed by atoms with van der Waals surface area (Å²) in [6, 6.07) is 0. The van der Waals surface area contributed by atoms with Crippen LogP contribution in [0.25, 0.3) is 0 Å². The maximum Gasteiger partial charge on any atom is 0.410 e. The second kappa shape index (κ2) is 6.62. The third-order valence-corrected chi connectivity index (χ3v) is 2.32. The van der Waals surface area contributed by atoms with Gasteiger partial charge in [-0.2, -0.15) is 0 Å². The summed E-state index contributed by atoms with van der Waals surface area (Å²) in [7, 11) is 0. The van der Waals surface area contributed by atoms with Gasteiger partial charge in [-0.15, -0.1) is 0 Å². The largest absolute Gasteiger partial charge is 0.444 e. The number of hydrogen-bond donors (Lipinski definition) is 0. The number of nitrogens with zero attached hydrogens (tertiary/aromatic N) is 1. The molecular weight excluding hydrogens is 218 g/mol. The Morgan fingerprint density at radius 2 is 1.88 bits per heavy atom. The molecule has 4 heteroatoms. The minimum atomic E-state index is -0.470. The highest BCUT2D eigenvalue weighted by Crippen LogP contribution is 2.16. The van der Waals surface area contributed by atoms with Gasteiger partial charge in [0.2, 0.25) is 0 Å². The van der Waals surface area contributed by atoms with Crippen LogP contribution in [-0.4, -0.2) is 35.5 Å². The number of hydrogen-bond acceptors (Lipinski definition) is 3. The lowest BCUT2D eigenvalue weighted by molar-refractivity contribution is -0.125. The quantitative estimate of drug-likeness (QED) is 0.657. The van der Waals surface area contributed by atoms with Crippen molar-refractivity contribution in [2.45, 2.75) is 53.6 Å². The number of carbonyl (C=O) groups excluding carboxylic acids is 2. The molecule has 17 heavy (non-hydrogen) atoms. The van der Waals surface area contributed by atoms with E-state index in [1.54, 1.807) is 4.90 Å². The summed E-state index contributed by atoms with van der Waals surface area (Å²) < 4.78 is 5.24. The highest BCUT2D eigenvalue weighted by atomic mass is 16.6. The van der Waals surface area contributed by atoms with Gasteiger partial charge < -0.3 is 9.64 Å². The lowest BCUT2D eigenvalue weighted by Crippen LogP contribution is -2.45. The van der Waals surface area contributed by atoms with Crippen LogP contribution >= 0.6 is 0 Å². The molecule has 0 aromatic carbocycles. The van der Waals surface area contributed by atoms with Crippen molar-refractivity contribution in [1.82, 2.24) is 4.90 Å². The van der Waals surface area contributed by atoms with Crippen LogP contribution < -0.4 is 0 Å². The van der Waals surface area contributed by atoms with Crippen molar-refractivity contribution in [3.8, 4) is 0 Å². The molecule has 1 atom stereocenters. The second-order valence-corrected chi connectivity index (χ2v) is 5.04. The smallest absolute Gasteiger partial charge is 0.410 e. The molecule has 1 rings (SSSR count). The topological polar surface area (TPSA) is 46.6 Å². The molecular formula is C13H25NO3. The van der Waals surface area contributed by atoms with Crippen LogP contribution in [0.15, 0.2) is 0 Å². The maximum atomic E-state index is 11.7. The molecule has 0 aromatic rings. The van der Waals surface area contributed by atoms with E-state index in [-0.39, 0.29) is 17.8 Å². The van der Waals surface area contributed by atoms with Crippen LogP contribution in [0.2, 0.25) is 0 Å². The average molecular weight is 243 g/mol. The predicted octanol–water partition coefficient (Wildman–Crippen LogP) is 2.86. The third-order valence-electron chi connectivity index (χ3n) is 2.32. The van der Waals surface area contributed by atoms with Crippen molar-refractivity contribution in [2.24, 2.45) is 5.92 Å². The Balaban J connectivity index is 0.00000121. The molecule has 100 valence electrons. The molecule has 0 radical (unpaired) electrons. The molecule has 1 amide bonds. The number of amides is 1. The van der Waals surface area contributed by atoms with E-state index in [1.807, 2.05) is 41.5 Å². The lowest BCUT2D eigenvalue weighted by Gasteiger charge is -2.32. The molecule has 0 spiro atoms. The first kappa shape index (κ1) is 15.9. The van der Waals surface area contributed by atoms with Crippen molar-refractivity contribution in [3.05, 3.63) is 0 Å². The van der Waals surface area contributed by atoms with Crippen LogP contribution in [0.5, 0.6) is 0 Å². The van der Waals surface area contributed by atoms with Gasteiger partial charge in [-0.3, -0.25) is 4.79 Å². The molecule has 1 unspecified atom stereocenters. The Bertz CT molecular complexity index is 268. The van der Waals surface area contributed by atoms with Crippen molar-refractivity contribution < 1.29 is 14.3 Å². The van der Waals surface area contributed by atoms with Crippen LogP contribution in [0.4, 0.5) is 4.79 Å². The Labute approximate surface area is 104 Å². The first-order valence-electron chi connectivity index (χ1n) is 6.30. The van der Waals surface area contributed by atoms with Gasteiger partial charge in [0.1, 0.15) is 11.4 Å². The molecule has 1 saturated heterocycles. The fraction of sp³-hybridized carbons (Fsp3) is 0.846. The van der Waals surface area contributed by atoms with Gasteiger partial charge in [0.15, 0.2) is 0 Å². The number of piperidine rings is 1. The SMILES string of the molecule is CC.CC1CN(C(=O)OC(C)(C)C)CCC1=O. The van der Waals surface area contributed by atoms with Crippen molar-refractivity contribution in [1.29, 1.82) is 0 Å². The summed E-state index contributed by atoms with van der Waals surface area (Å²) in [6.45, 7) is 12.3. The number of rotatable bonds is 0. The molecule has 1 fully saturated rings. The molecule has 0 aromatic heterocycles. The van der Waals surface area contributed by atoms with Gasteiger partial charge in [0.05, 0.1) is 0 Å². The molecule has 0 bridgehead atoms. The van der Waals surface area contributed by atoms with Gasteiger partial charge in [0, 0.05) is 25.4 Å². The summed E-state index contributed by atoms with van der Waals surface area (Å²) in [5.41, 5.74) is -0.470. The van der Waals surface area contributed by atoms with Gasteiger partial charge in [0.25, 0.3) is 0 Å². The molecule has 0 N–H and O–H groups in total. The maximum absolute atomic E-state index is 11.7. The summed E-state index contributed by atoms with van der Waals surface area (Å²) in [6.07, 6.45) is 0.127. The van der Waals surface area contributed by atoms with E-state index in [0.717, 1.165) is 0 Å². The zero-order valence-corrected chi connectivity index (χ0v) is 11.9. The summed E-state index contributed by atoms with van der Waals surface area (Å²) in [5.74, 6) is 0.168. The van der Waals surface area contributed by atoms with E-state index in [9.17, 15) is 9.59 Å². The number of carbonyl (C=O) groups is 2. The standard InChI is InChI=1S/C11H19NO3.C2H6/c1-8-7-12(6-5-9(8)13)10(14)15-11(2,3)4;1-2/h8H,5-7H2,1-4H3;1-2H3. The molecule has 4 nitrogen and oxygen atoms in total. The number of ketones is 1. The molecule has 1 aliphatic heterocycles. The fourth-order valence-electron chi connectivity index (χ4n) is 1.51. The Kier molecular flexibility index (Phi) is 6.21. The highest BCUT2D eigenvalue weighted by Gasteiger charge is 2.29. The van der Waals surface area contributed by atoms with Gasteiger partial charge >= 0.3 is 6.09 Å². The van der Waals surface area contributed by atoms with Crippen LogP contribution in [0.3, 0.4) is 0 Å². The van der Waals surface area contributed by atoms with E-state index < -0.39 is 5.60 Å². The average Bonchev–Trinajstić information content (AvgIpc) is 2.22. The van der Waals surface area contributed by atoms with Crippen LogP contribution in [0.1, 0.15) is 48.0 Å². The Morgan fingerprint density at radius 1 is 1.35 bits per heavy atom. The van der Waals surface area contributed by atoms with Crippen molar-refractivity contribution in [3.63, 3.8) is 0 Å². The highest BCUT2D eigenvalue weighted by molar-refractivity contribution is 5.83. The zero-order chi connectivity index (χ0) is 13.6. The third kappa shape index (κ3) is 5.71. The number of Topliss-reactive ketones (excluding diaryl/α,β-unsaturated/α-hetero) is 1. The first-order chi connectivity index (χ1) is 7.79. The minimum Gasteiger partial charge on any atom is -0.444 e. The predicted molar refractivity (Wildman–Crippen MR) is 67.9 cm³/mol. The normalized spacial score (nSPS) is 20.5. The van der Waals surface area contributed by atoms with Gasteiger partial charge in [-0.05, 0) is 20.8 Å². The molecule has 1 aliphatic rings. The van der Waals surface area contributed by atoms with E-state index in [2.05, 4.69) is 0 Å². The van der Waals surface area contributed by atoms with Crippen molar-refractivity contribution in [2.75, 3.05) is 13.1 Å². The number of ether oxygens (including phenoxy) is 1. The first-order valence-corrected chi connectivity index (χ1v) is 6.30. The Hall–Kier alpha value is -1.06. The summed E-state index contributed by atoms with van der Waals surface area (Å²) >= 11 is 0. The van der Waals surface area contributed by atoms with E-state index in [0.29, 0.717) is 19.5 Å². The van der Waals surface area contributed by atoms with Crippen LogP contribution in [0, 0.1) is 5.92 Å². The summed E-state index contributed by atoms with van der Waals surface area (Å²) in [5, 5.41) is 0. The van der Waals surface area contributed by atoms with E-state index in [4.69, 9.17) is 4.74 Å². The minimum absolute atomic E-state index is 0.0636. The van der Waals surface area contributed by atoms with Gasteiger partial charge in [-0.1, -0.05) is 20.8 Å². The molecule has 0 saturated carbocycles. The summed E-state index contributed by atoms with van der Waals surface area (Å²) in [4.78, 5) is 24.5. The Morgan fingerprint density at radius 3 is 2.29 bits per heavy atom.